The van der Waals surface area contributed by atoms with Gasteiger partial charge in [-0.05, 0) is 100 Å². The van der Waals surface area contributed by atoms with Crippen LogP contribution < -0.4 is 16.0 Å². The van der Waals surface area contributed by atoms with Gasteiger partial charge < -0.3 is 30.5 Å². The number of benzene rings is 1. The molecule has 1 atom stereocenters. The number of ether oxygens (including phenoxy) is 1. The van der Waals surface area contributed by atoms with Gasteiger partial charge in [0, 0.05) is 37.9 Å². The molecule has 0 saturated carbocycles. The SMILES string of the molecule is COC(=O)CC1Nc2ccc(C(=O)N(CCC3CCNCC3)CCC3CCNCC3)cc2CN(C)C1=O. The number of carbonyl (C=O) groups excluding carboxylic acids is 3. The number of esters is 1. The number of hydrogen-bond acceptors (Lipinski definition) is 7. The third-order valence-electron chi connectivity index (χ3n) is 8.18. The largest absolute Gasteiger partial charge is 0.469 e. The number of anilines is 1. The van der Waals surface area contributed by atoms with Crippen LogP contribution in [0.2, 0.25) is 0 Å². The lowest BCUT2D eigenvalue weighted by Crippen LogP contribution is -2.39. The lowest BCUT2D eigenvalue weighted by molar-refractivity contribution is -0.143. The third-order valence-corrected chi connectivity index (χ3v) is 8.18. The summed E-state index contributed by atoms with van der Waals surface area (Å²) in [6, 6.07) is 4.95. The average molecular weight is 514 g/mol. The van der Waals surface area contributed by atoms with Crippen molar-refractivity contribution in [2.75, 3.05) is 58.7 Å². The van der Waals surface area contributed by atoms with Crippen molar-refractivity contribution in [3.8, 4) is 0 Å². The Morgan fingerprint density at radius 1 is 1.00 bits per heavy atom. The van der Waals surface area contributed by atoms with Crippen molar-refractivity contribution in [2.24, 2.45) is 11.8 Å². The normalized spacial score (nSPS) is 21.1. The molecule has 2 saturated heterocycles. The van der Waals surface area contributed by atoms with Gasteiger partial charge in [0.05, 0.1) is 13.5 Å². The summed E-state index contributed by atoms with van der Waals surface area (Å²) in [4.78, 5) is 42.1. The number of fused-ring (bicyclic) bond motifs is 1. The van der Waals surface area contributed by atoms with Crippen LogP contribution in [0.25, 0.3) is 0 Å². The Bertz CT molecular complexity index is 921. The van der Waals surface area contributed by atoms with Gasteiger partial charge in [0.2, 0.25) is 5.91 Å². The number of likely N-dealkylation sites (N-methyl/N-ethyl adjacent to an activating group) is 1. The molecule has 1 aromatic carbocycles. The highest BCUT2D eigenvalue weighted by Crippen LogP contribution is 2.26. The summed E-state index contributed by atoms with van der Waals surface area (Å²) >= 11 is 0. The number of nitrogens with zero attached hydrogens (tertiary/aromatic N) is 2. The van der Waals surface area contributed by atoms with Crippen LogP contribution in [0.4, 0.5) is 5.69 Å². The Balaban J connectivity index is 1.48. The third kappa shape index (κ3) is 7.45. The summed E-state index contributed by atoms with van der Waals surface area (Å²) in [6.07, 6.45) is 6.74. The molecule has 0 bridgehead atoms. The number of nitrogens with one attached hydrogen (secondary N) is 3. The Kier molecular flexibility index (Phi) is 9.80. The van der Waals surface area contributed by atoms with Gasteiger partial charge in [0.25, 0.3) is 5.91 Å². The first-order chi connectivity index (χ1) is 17.9. The molecule has 2 amide bonds. The minimum absolute atomic E-state index is 0.0407. The van der Waals surface area contributed by atoms with E-state index in [0.717, 1.165) is 63.4 Å². The van der Waals surface area contributed by atoms with Crippen LogP contribution in [0, 0.1) is 11.8 Å². The molecule has 3 aliphatic rings. The van der Waals surface area contributed by atoms with Gasteiger partial charge in [-0.1, -0.05) is 0 Å². The number of rotatable bonds is 9. The lowest BCUT2D eigenvalue weighted by atomic mass is 9.93. The van der Waals surface area contributed by atoms with Crippen molar-refractivity contribution >= 4 is 23.5 Å². The Morgan fingerprint density at radius 3 is 2.16 bits per heavy atom. The maximum absolute atomic E-state index is 13.8. The van der Waals surface area contributed by atoms with Crippen molar-refractivity contribution in [1.82, 2.24) is 20.4 Å². The van der Waals surface area contributed by atoms with Crippen LogP contribution >= 0.6 is 0 Å². The van der Waals surface area contributed by atoms with Crippen LogP contribution in [-0.2, 0) is 20.9 Å². The second-order valence-electron chi connectivity index (χ2n) is 10.8. The number of hydrogen-bond donors (Lipinski definition) is 3. The Labute approximate surface area is 220 Å². The summed E-state index contributed by atoms with van der Waals surface area (Å²) in [5, 5.41) is 10.1. The van der Waals surface area contributed by atoms with Crippen molar-refractivity contribution in [3.05, 3.63) is 29.3 Å². The van der Waals surface area contributed by atoms with Gasteiger partial charge in [-0.15, -0.1) is 0 Å². The van der Waals surface area contributed by atoms with Gasteiger partial charge in [0.1, 0.15) is 6.04 Å². The summed E-state index contributed by atoms with van der Waals surface area (Å²) in [6.45, 7) is 6.20. The molecule has 1 unspecified atom stereocenters. The zero-order chi connectivity index (χ0) is 26.2. The maximum atomic E-state index is 13.8. The van der Waals surface area contributed by atoms with Gasteiger partial charge >= 0.3 is 5.97 Å². The fourth-order valence-corrected chi connectivity index (χ4v) is 5.75. The highest BCUT2D eigenvalue weighted by Gasteiger charge is 2.30. The van der Waals surface area contributed by atoms with Crippen molar-refractivity contribution < 1.29 is 19.1 Å². The van der Waals surface area contributed by atoms with Gasteiger partial charge in [0.15, 0.2) is 0 Å². The number of piperidine rings is 2. The van der Waals surface area contributed by atoms with E-state index in [1.165, 1.54) is 32.8 Å². The molecule has 3 N–H and O–H groups in total. The minimum Gasteiger partial charge on any atom is -0.469 e. The van der Waals surface area contributed by atoms with E-state index in [1.54, 1.807) is 11.9 Å². The van der Waals surface area contributed by atoms with E-state index in [-0.39, 0.29) is 18.2 Å². The lowest BCUT2D eigenvalue weighted by Gasteiger charge is -2.30. The first kappa shape index (κ1) is 27.4. The molecule has 4 rings (SSSR count). The molecule has 1 aromatic rings. The topological polar surface area (TPSA) is 103 Å². The minimum atomic E-state index is -0.688. The summed E-state index contributed by atoms with van der Waals surface area (Å²) < 4.78 is 4.77. The van der Waals surface area contributed by atoms with E-state index in [9.17, 15) is 14.4 Å². The van der Waals surface area contributed by atoms with Gasteiger partial charge in [-0.2, -0.15) is 0 Å². The summed E-state index contributed by atoms with van der Waals surface area (Å²) in [7, 11) is 3.05. The molecular formula is C28H43N5O4. The first-order valence-corrected chi connectivity index (χ1v) is 13.9. The highest BCUT2D eigenvalue weighted by molar-refractivity contribution is 5.96. The molecule has 9 heteroatoms. The first-order valence-electron chi connectivity index (χ1n) is 13.9. The monoisotopic (exact) mass is 513 g/mol. The number of amides is 2. The quantitative estimate of drug-likeness (QED) is 0.435. The average Bonchev–Trinajstić information content (AvgIpc) is 3.04. The van der Waals surface area contributed by atoms with Crippen molar-refractivity contribution in [2.45, 2.75) is 57.5 Å². The van der Waals surface area contributed by atoms with E-state index in [4.69, 9.17) is 4.74 Å². The van der Waals surface area contributed by atoms with Crippen LogP contribution in [0.15, 0.2) is 18.2 Å². The van der Waals surface area contributed by atoms with Gasteiger partial charge in [-0.3, -0.25) is 14.4 Å². The molecule has 0 aromatic heterocycles. The predicted molar refractivity (Wildman–Crippen MR) is 143 cm³/mol. The smallest absolute Gasteiger partial charge is 0.308 e. The van der Waals surface area contributed by atoms with Crippen LogP contribution in [-0.4, -0.2) is 87.1 Å². The van der Waals surface area contributed by atoms with E-state index in [2.05, 4.69) is 20.9 Å². The van der Waals surface area contributed by atoms with E-state index in [1.807, 2.05) is 18.2 Å². The zero-order valence-electron chi connectivity index (χ0n) is 22.4. The molecule has 0 spiro atoms. The van der Waals surface area contributed by atoms with E-state index < -0.39 is 12.0 Å². The molecule has 3 heterocycles. The fourth-order valence-electron chi connectivity index (χ4n) is 5.75. The maximum Gasteiger partial charge on any atom is 0.308 e. The van der Waals surface area contributed by atoms with Gasteiger partial charge in [-0.25, -0.2) is 0 Å². The second-order valence-corrected chi connectivity index (χ2v) is 10.8. The molecule has 3 aliphatic heterocycles. The molecule has 204 valence electrons. The number of carbonyl (C=O) groups is 3. The summed E-state index contributed by atoms with van der Waals surface area (Å²) in [5.74, 6) is 0.791. The van der Waals surface area contributed by atoms with Crippen LogP contribution in [0.5, 0.6) is 0 Å². The predicted octanol–water partition coefficient (Wildman–Crippen LogP) is 2.22. The Hall–Kier alpha value is -2.65. The molecule has 9 nitrogen and oxygen atoms in total. The van der Waals surface area contributed by atoms with Crippen molar-refractivity contribution in [1.29, 1.82) is 0 Å². The molecule has 37 heavy (non-hydrogen) atoms. The van der Waals surface area contributed by atoms with E-state index in [0.29, 0.717) is 23.9 Å². The standard InChI is InChI=1S/C28H43N5O4/c1-32-19-23-17-22(3-4-24(23)31-25(28(32)36)18-26(34)37-2)27(35)33(15-9-20-5-11-29-12-6-20)16-10-21-7-13-30-14-8-21/h3-4,17,20-21,25,29-31H,5-16,18-19H2,1-2H3. The highest BCUT2D eigenvalue weighted by atomic mass is 16.5. The Morgan fingerprint density at radius 2 is 1.59 bits per heavy atom. The van der Waals surface area contributed by atoms with Crippen LogP contribution in [0.1, 0.15) is 60.9 Å². The van der Waals surface area contributed by atoms with Crippen LogP contribution in [0.3, 0.4) is 0 Å². The zero-order valence-corrected chi connectivity index (χ0v) is 22.4. The fraction of sp³-hybridized carbons (Fsp3) is 0.679. The second kappa shape index (κ2) is 13.2. The van der Waals surface area contributed by atoms with E-state index >= 15 is 0 Å². The molecular weight excluding hydrogens is 470 g/mol. The molecule has 0 radical (unpaired) electrons. The molecule has 2 fully saturated rings. The molecule has 0 aliphatic carbocycles. The van der Waals surface area contributed by atoms with Crippen molar-refractivity contribution in [3.63, 3.8) is 0 Å². The summed E-state index contributed by atoms with van der Waals surface area (Å²) in [5.41, 5.74) is 2.31. The number of methoxy groups -OCH3 is 1.